The van der Waals surface area contributed by atoms with Crippen LogP contribution in [0.5, 0.6) is 0 Å². The van der Waals surface area contributed by atoms with E-state index in [1.807, 2.05) is 25.1 Å². The maximum absolute atomic E-state index is 11.5. The summed E-state index contributed by atoms with van der Waals surface area (Å²) in [4.78, 5) is 16.9. The molecule has 0 heterocycles. The fraction of sp³-hybridized carbons (Fsp3) is 0.500. The van der Waals surface area contributed by atoms with Crippen LogP contribution in [0.3, 0.4) is 0 Å². The molecule has 7 heteroatoms. The molecule has 1 aromatic rings. The number of halogens is 1. The largest absolute Gasteiger partial charge is 0.355 e. The molecule has 0 bridgehead atoms. The summed E-state index contributed by atoms with van der Waals surface area (Å²) in [6, 6.07) is 10.3. The summed E-state index contributed by atoms with van der Waals surface area (Å²) in [5.74, 6) is 0.628. The first-order valence-electron chi connectivity index (χ1n) is 7.58. The van der Waals surface area contributed by atoms with Gasteiger partial charge in [0.05, 0.1) is 6.54 Å². The second-order valence-corrected chi connectivity index (χ2v) is 6.41. The van der Waals surface area contributed by atoms with Crippen molar-refractivity contribution in [2.24, 2.45) is 4.99 Å². The molecule has 0 spiro atoms. The molecule has 0 radical (unpaired) electrons. The summed E-state index contributed by atoms with van der Waals surface area (Å²) in [6.45, 7) is 5.90. The maximum atomic E-state index is 11.5. The van der Waals surface area contributed by atoms with E-state index in [9.17, 15) is 4.79 Å². The van der Waals surface area contributed by atoms with E-state index in [-0.39, 0.29) is 36.4 Å². The van der Waals surface area contributed by atoms with Gasteiger partial charge >= 0.3 is 0 Å². The van der Waals surface area contributed by atoms with Crippen LogP contribution in [0.25, 0.3) is 0 Å². The Morgan fingerprint density at radius 3 is 2.52 bits per heavy atom. The average molecular weight is 450 g/mol. The van der Waals surface area contributed by atoms with Gasteiger partial charge in [0.1, 0.15) is 0 Å². The van der Waals surface area contributed by atoms with Gasteiger partial charge in [-0.3, -0.25) is 9.79 Å². The molecule has 0 aliphatic heterocycles. The first kappa shape index (κ1) is 22.0. The SMILES string of the molecule is CCCNC(=O)CNC(=NC)NCC(C)Sc1ccccc1.I. The van der Waals surface area contributed by atoms with Crippen LogP contribution in [0, 0.1) is 0 Å². The van der Waals surface area contributed by atoms with E-state index in [0.29, 0.717) is 17.8 Å². The van der Waals surface area contributed by atoms with E-state index in [1.54, 1.807) is 18.8 Å². The van der Waals surface area contributed by atoms with Crippen LogP contribution >= 0.6 is 35.7 Å². The van der Waals surface area contributed by atoms with E-state index in [4.69, 9.17) is 0 Å². The van der Waals surface area contributed by atoms with E-state index < -0.39 is 0 Å². The molecule has 5 nitrogen and oxygen atoms in total. The summed E-state index contributed by atoms with van der Waals surface area (Å²) < 4.78 is 0. The molecular formula is C16H27IN4OS. The number of rotatable bonds is 8. The van der Waals surface area contributed by atoms with Gasteiger partial charge in [0, 0.05) is 30.3 Å². The Kier molecular flexibility index (Phi) is 12.9. The number of amides is 1. The van der Waals surface area contributed by atoms with Crippen LogP contribution in [0.2, 0.25) is 0 Å². The highest BCUT2D eigenvalue weighted by Crippen LogP contribution is 2.21. The number of carbonyl (C=O) groups is 1. The van der Waals surface area contributed by atoms with Crippen LogP contribution in [-0.2, 0) is 4.79 Å². The molecule has 23 heavy (non-hydrogen) atoms. The van der Waals surface area contributed by atoms with Crippen molar-refractivity contribution in [2.45, 2.75) is 30.4 Å². The second-order valence-electron chi connectivity index (χ2n) is 4.90. The summed E-state index contributed by atoms with van der Waals surface area (Å²) in [7, 11) is 1.70. The van der Waals surface area contributed by atoms with Gasteiger partial charge in [0.15, 0.2) is 5.96 Å². The van der Waals surface area contributed by atoms with Gasteiger partial charge < -0.3 is 16.0 Å². The first-order chi connectivity index (χ1) is 10.7. The van der Waals surface area contributed by atoms with Crippen molar-refractivity contribution >= 4 is 47.6 Å². The molecular weight excluding hydrogens is 423 g/mol. The normalized spacial score (nSPS) is 12.0. The van der Waals surface area contributed by atoms with Crippen LogP contribution in [0.15, 0.2) is 40.2 Å². The predicted octanol–water partition coefficient (Wildman–Crippen LogP) is 2.48. The summed E-state index contributed by atoms with van der Waals surface area (Å²) in [6.07, 6.45) is 0.937. The highest BCUT2D eigenvalue weighted by atomic mass is 127. The fourth-order valence-corrected chi connectivity index (χ4v) is 2.67. The lowest BCUT2D eigenvalue weighted by molar-refractivity contribution is -0.120. The Bertz CT molecular complexity index is 470. The van der Waals surface area contributed by atoms with Crippen LogP contribution in [0.1, 0.15) is 20.3 Å². The molecule has 1 aromatic carbocycles. The third-order valence-electron chi connectivity index (χ3n) is 2.85. The molecule has 1 amide bonds. The number of hydrogen-bond acceptors (Lipinski definition) is 3. The van der Waals surface area contributed by atoms with Crippen molar-refractivity contribution in [3.63, 3.8) is 0 Å². The summed E-state index contributed by atoms with van der Waals surface area (Å²) in [5.41, 5.74) is 0. The van der Waals surface area contributed by atoms with E-state index >= 15 is 0 Å². The lowest BCUT2D eigenvalue weighted by atomic mass is 10.4. The molecule has 0 aliphatic rings. The maximum Gasteiger partial charge on any atom is 0.239 e. The number of aliphatic imine (C=N–C) groups is 1. The van der Waals surface area contributed by atoms with Crippen molar-refractivity contribution in [1.82, 2.24) is 16.0 Å². The standard InChI is InChI=1S/C16H26N4OS.HI/c1-4-10-18-15(21)12-20-16(17-3)19-11-13(2)22-14-8-6-5-7-9-14;/h5-9,13H,4,10-12H2,1-3H3,(H,18,21)(H2,17,19,20);1H. The molecule has 0 saturated heterocycles. The molecule has 0 saturated carbocycles. The van der Waals surface area contributed by atoms with Gasteiger partial charge in [-0.1, -0.05) is 32.0 Å². The Morgan fingerprint density at radius 2 is 1.91 bits per heavy atom. The molecule has 1 unspecified atom stereocenters. The summed E-state index contributed by atoms with van der Waals surface area (Å²) in [5, 5.41) is 9.47. The molecule has 3 N–H and O–H groups in total. The molecule has 0 aromatic heterocycles. The van der Waals surface area contributed by atoms with Gasteiger partial charge in [-0.25, -0.2) is 0 Å². The van der Waals surface area contributed by atoms with Gasteiger partial charge in [-0.2, -0.15) is 0 Å². The van der Waals surface area contributed by atoms with E-state index in [2.05, 4.69) is 40.0 Å². The Morgan fingerprint density at radius 1 is 1.22 bits per heavy atom. The van der Waals surface area contributed by atoms with Crippen molar-refractivity contribution in [2.75, 3.05) is 26.7 Å². The Labute approximate surface area is 160 Å². The van der Waals surface area contributed by atoms with Gasteiger partial charge in [-0.05, 0) is 18.6 Å². The van der Waals surface area contributed by atoms with Crippen molar-refractivity contribution < 1.29 is 4.79 Å². The van der Waals surface area contributed by atoms with Gasteiger partial charge in [0.25, 0.3) is 0 Å². The minimum absolute atomic E-state index is 0. The number of nitrogens with zero attached hydrogens (tertiary/aromatic N) is 1. The van der Waals surface area contributed by atoms with Crippen LogP contribution in [0.4, 0.5) is 0 Å². The number of hydrogen-bond donors (Lipinski definition) is 3. The zero-order valence-corrected chi connectivity index (χ0v) is 17.1. The third kappa shape index (κ3) is 10.4. The molecule has 0 aliphatic carbocycles. The van der Waals surface area contributed by atoms with Crippen LogP contribution in [-0.4, -0.2) is 43.8 Å². The average Bonchev–Trinajstić information content (AvgIpc) is 2.54. The lowest BCUT2D eigenvalue weighted by Gasteiger charge is -2.15. The number of guanidine groups is 1. The minimum atomic E-state index is -0.0171. The topological polar surface area (TPSA) is 65.5 Å². The van der Waals surface area contributed by atoms with Crippen LogP contribution < -0.4 is 16.0 Å². The predicted molar refractivity (Wildman–Crippen MR) is 110 cm³/mol. The van der Waals surface area contributed by atoms with Crippen molar-refractivity contribution in [3.8, 4) is 0 Å². The Hall–Kier alpha value is -0.960. The zero-order chi connectivity index (χ0) is 16.2. The first-order valence-corrected chi connectivity index (χ1v) is 8.46. The zero-order valence-electron chi connectivity index (χ0n) is 14.0. The monoisotopic (exact) mass is 450 g/mol. The lowest BCUT2D eigenvalue weighted by Crippen LogP contribution is -2.44. The quantitative estimate of drug-likeness (QED) is 0.247. The van der Waals surface area contributed by atoms with E-state index in [1.165, 1.54) is 4.90 Å². The number of benzene rings is 1. The molecule has 0 fully saturated rings. The summed E-state index contributed by atoms with van der Waals surface area (Å²) >= 11 is 1.81. The smallest absolute Gasteiger partial charge is 0.239 e. The number of thioether (sulfide) groups is 1. The fourth-order valence-electron chi connectivity index (χ4n) is 1.72. The Balaban J connectivity index is 0.00000484. The van der Waals surface area contributed by atoms with Crippen molar-refractivity contribution in [3.05, 3.63) is 30.3 Å². The van der Waals surface area contributed by atoms with Crippen molar-refractivity contribution in [1.29, 1.82) is 0 Å². The molecule has 1 atom stereocenters. The van der Waals surface area contributed by atoms with Gasteiger partial charge in [0.2, 0.25) is 5.91 Å². The molecule has 1 rings (SSSR count). The highest BCUT2D eigenvalue weighted by molar-refractivity contribution is 14.0. The highest BCUT2D eigenvalue weighted by Gasteiger charge is 2.07. The molecule has 130 valence electrons. The second kappa shape index (κ2) is 13.5. The third-order valence-corrected chi connectivity index (χ3v) is 3.96. The van der Waals surface area contributed by atoms with Gasteiger partial charge in [-0.15, -0.1) is 35.7 Å². The minimum Gasteiger partial charge on any atom is -0.355 e. The number of carbonyl (C=O) groups excluding carboxylic acids is 1. The number of nitrogens with one attached hydrogen (secondary N) is 3. The van der Waals surface area contributed by atoms with E-state index in [0.717, 1.165) is 13.0 Å².